The van der Waals surface area contributed by atoms with Crippen LogP contribution in [-0.2, 0) is 9.53 Å². The maximum atomic E-state index is 11.4. The molecule has 0 aliphatic heterocycles. The van der Waals surface area contributed by atoms with E-state index in [9.17, 15) is 4.79 Å². The third-order valence-electron chi connectivity index (χ3n) is 1.88. The first-order chi connectivity index (χ1) is 7.63. The van der Waals surface area contributed by atoms with Gasteiger partial charge in [0.1, 0.15) is 0 Å². The molecule has 0 saturated heterocycles. The molecule has 3 nitrogen and oxygen atoms in total. The zero-order chi connectivity index (χ0) is 12.0. The van der Waals surface area contributed by atoms with Crippen molar-refractivity contribution in [1.29, 1.82) is 0 Å². The van der Waals surface area contributed by atoms with Gasteiger partial charge in [-0.05, 0) is 41.1 Å². The minimum absolute atomic E-state index is 0.0770. The summed E-state index contributed by atoms with van der Waals surface area (Å²) < 4.78 is 5.90. The molecule has 1 rings (SSSR count). The molecule has 0 spiro atoms. The normalized spacial score (nSPS) is 10.2. The Kier molecular flexibility index (Phi) is 5.80. The number of carbonyl (C=O) groups is 1. The Bertz CT molecular complexity index is 371. The number of anilines is 1. The summed E-state index contributed by atoms with van der Waals surface area (Å²) in [5, 5.41) is 3.32. The van der Waals surface area contributed by atoms with Gasteiger partial charge in [0.25, 0.3) is 0 Å². The molecule has 0 aromatic heterocycles. The fourth-order valence-corrected chi connectivity index (χ4v) is 1.53. The van der Waals surface area contributed by atoms with Crippen molar-refractivity contribution in [3.05, 3.63) is 27.7 Å². The van der Waals surface area contributed by atoms with Crippen molar-refractivity contribution in [2.75, 3.05) is 18.5 Å². The standard InChI is InChI=1S/C11H13BrClNO2/c1-2-16-6-5-11(15)14-8-3-4-9(12)10(13)7-8/h3-4,7H,2,5-6H2,1H3,(H,14,15). The lowest BCUT2D eigenvalue weighted by molar-refractivity contribution is -0.117. The van der Waals surface area contributed by atoms with Crippen molar-refractivity contribution >= 4 is 39.1 Å². The lowest BCUT2D eigenvalue weighted by Gasteiger charge is -2.06. The minimum atomic E-state index is -0.0770. The van der Waals surface area contributed by atoms with Crippen LogP contribution in [-0.4, -0.2) is 19.1 Å². The number of benzene rings is 1. The molecule has 0 fully saturated rings. The summed E-state index contributed by atoms with van der Waals surface area (Å²) in [4.78, 5) is 11.4. The molecule has 0 bridgehead atoms. The van der Waals surface area contributed by atoms with Gasteiger partial charge in [0.05, 0.1) is 18.1 Å². The highest BCUT2D eigenvalue weighted by molar-refractivity contribution is 9.10. The van der Waals surface area contributed by atoms with E-state index in [2.05, 4.69) is 21.2 Å². The number of carbonyl (C=O) groups excluding carboxylic acids is 1. The summed E-state index contributed by atoms with van der Waals surface area (Å²) in [5.41, 5.74) is 0.690. The van der Waals surface area contributed by atoms with Crippen molar-refractivity contribution in [2.45, 2.75) is 13.3 Å². The van der Waals surface area contributed by atoms with E-state index in [1.807, 2.05) is 6.92 Å². The highest BCUT2D eigenvalue weighted by Gasteiger charge is 2.04. The maximum absolute atomic E-state index is 11.4. The Labute approximate surface area is 108 Å². The van der Waals surface area contributed by atoms with Crippen LogP contribution in [0, 0.1) is 0 Å². The second-order valence-corrected chi connectivity index (χ2v) is 4.39. The van der Waals surface area contributed by atoms with E-state index in [1.54, 1.807) is 18.2 Å². The summed E-state index contributed by atoms with van der Waals surface area (Å²) in [5.74, 6) is -0.0770. The molecule has 88 valence electrons. The van der Waals surface area contributed by atoms with Gasteiger partial charge < -0.3 is 10.1 Å². The molecule has 0 heterocycles. The van der Waals surface area contributed by atoms with Gasteiger partial charge in [0.15, 0.2) is 0 Å². The topological polar surface area (TPSA) is 38.3 Å². The van der Waals surface area contributed by atoms with E-state index in [4.69, 9.17) is 16.3 Å². The monoisotopic (exact) mass is 305 g/mol. The van der Waals surface area contributed by atoms with E-state index in [1.165, 1.54) is 0 Å². The number of ether oxygens (including phenoxy) is 1. The van der Waals surface area contributed by atoms with Crippen molar-refractivity contribution in [1.82, 2.24) is 0 Å². The average molecular weight is 307 g/mol. The molecule has 0 radical (unpaired) electrons. The molecular formula is C11H13BrClNO2. The van der Waals surface area contributed by atoms with Crippen molar-refractivity contribution in [2.24, 2.45) is 0 Å². The van der Waals surface area contributed by atoms with Gasteiger partial charge in [-0.15, -0.1) is 0 Å². The molecule has 1 amide bonds. The van der Waals surface area contributed by atoms with Crippen LogP contribution in [0.2, 0.25) is 5.02 Å². The number of hydrogen-bond donors (Lipinski definition) is 1. The van der Waals surface area contributed by atoms with Crippen molar-refractivity contribution in [3.8, 4) is 0 Å². The van der Waals surface area contributed by atoms with Crippen LogP contribution in [0.25, 0.3) is 0 Å². The number of amides is 1. The quantitative estimate of drug-likeness (QED) is 0.846. The zero-order valence-corrected chi connectivity index (χ0v) is 11.3. The maximum Gasteiger partial charge on any atom is 0.226 e. The highest BCUT2D eigenvalue weighted by Crippen LogP contribution is 2.25. The Morgan fingerprint density at radius 3 is 2.94 bits per heavy atom. The molecule has 5 heteroatoms. The summed E-state index contributed by atoms with van der Waals surface area (Å²) in [7, 11) is 0. The third-order valence-corrected chi connectivity index (χ3v) is 3.11. The van der Waals surface area contributed by atoms with Crippen LogP contribution in [0.3, 0.4) is 0 Å². The predicted molar refractivity (Wildman–Crippen MR) is 68.9 cm³/mol. The fraction of sp³-hybridized carbons (Fsp3) is 0.364. The van der Waals surface area contributed by atoms with E-state index in [0.29, 0.717) is 30.3 Å². The molecule has 16 heavy (non-hydrogen) atoms. The molecule has 1 N–H and O–H groups in total. The van der Waals surface area contributed by atoms with Gasteiger partial charge in [-0.3, -0.25) is 4.79 Å². The molecule has 0 saturated carbocycles. The van der Waals surface area contributed by atoms with Gasteiger partial charge in [0, 0.05) is 16.8 Å². The SMILES string of the molecule is CCOCCC(=O)Nc1ccc(Br)c(Cl)c1. The molecule has 0 atom stereocenters. The molecule has 1 aromatic carbocycles. The molecular weight excluding hydrogens is 293 g/mol. The highest BCUT2D eigenvalue weighted by atomic mass is 79.9. The lowest BCUT2D eigenvalue weighted by Crippen LogP contribution is -2.14. The molecule has 1 aromatic rings. The smallest absolute Gasteiger partial charge is 0.226 e. The van der Waals surface area contributed by atoms with Crippen molar-refractivity contribution in [3.63, 3.8) is 0 Å². The van der Waals surface area contributed by atoms with Gasteiger partial charge in [0.2, 0.25) is 5.91 Å². The summed E-state index contributed by atoms with van der Waals surface area (Å²) in [6.07, 6.45) is 0.349. The van der Waals surface area contributed by atoms with Crippen molar-refractivity contribution < 1.29 is 9.53 Å². The van der Waals surface area contributed by atoms with Crippen LogP contribution >= 0.6 is 27.5 Å². The van der Waals surface area contributed by atoms with E-state index in [0.717, 1.165) is 4.47 Å². The predicted octanol–water partition coefficient (Wildman–Crippen LogP) is 3.47. The number of rotatable bonds is 5. The molecule has 0 aliphatic rings. The van der Waals surface area contributed by atoms with Crippen LogP contribution in [0.1, 0.15) is 13.3 Å². The first-order valence-corrected chi connectivity index (χ1v) is 6.13. The first-order valence-electron chi connectivity index (χ1n) is 4.96. The summed E-state index contributed by atoms with van der Waals surface area (Å²) in [6, 6.07) is 5.28. The summed E-state index contributed by atoms with van der Waals surface area (Å²) >= 11 is 9.18. The minimum Gasteiger partial charge on any atom is -0.381 e. The Balaban J connectivity index is 2.46. The molecule has 0 unspecified atom stereocenters. The Morgan fingerprint density at radius 1 is 1.56 bits per heavy atom. The van der Waals surface area contributed by atoms with E-state index >= 15 is 0 Å². The Hall–Kier alpha value is -0.580. The number of hydrogen-bond acceptors (Lipinski definition) is 2. The second kappa shape index (κ2) is 6.89. The van der Waals surface area contributed by atoms with Crippen LogP contribution in [0.4, 0.5) is 5.69 Å². The van der Waals surface area contributed by atoms with Crippen LogP contribution < -0.4 is 5.32 Å². The summed E-state index contributed by atoms with van der Waals surface area (Å²) in [6.45, 7) is 2.95. The van der Waals surface area contributed by atoms with Gasteiger partial charge in [-0.1, -0.05) is 11.6 Å². The largest absolute Gasteiger partial charge is 0.381 e. The first kappa shape index (κ1) is 13.5. The van der Waals surface area contributed by atoms with E-state index in [-0.39, 0.29) is 5.91 Å². The van der Waals surface area contributed by atoms with Gasteiger partial charge in [-0.2, -0.15) is 0 Å². The van der Waals surface area contributed by atoms with Crippen LogP contribution in [0.15, 0.2) is 22.7 Å². The fourth-order valence-electron chi connectivity index (χ4n) is 1.11. The zero-order valence-electron chi connectivity index (χ0n) is 8.93. The molecule has 0 aliphatic carbocycles. The van der Waals surface area contributed by atoms with Crippen LogP contribution in [0.5, 0.6) is 0 Å². The lowest BCUT2D eigenvalue weighted by atomic mass is 10.3. The van der Waals surface area contributed by atoms with Gasteiger partial charge in [-0.25, -0.2) is 0 Å². The average Bonchev–Trinajstić information content (AvgIpc) is 2.24. The number of nitrogens with one attached hydrogen (secondary N) is 1. The second-order valence-electron chi connectivity index (χ2n) is 3.12. The third kappa shape index (κ3) is 4.51. The Morgan fingerprint density at radius 2 is 2.31 bits per heavy atom. The van der Waals surface area contributed by atoms with E-state index < -0.39 is 0 Å². The number of halogens is 2. The van der Waals surface area contributed by atoms with Gasteiger partial charge >= 0.3 is 0 Å².